The second kappa shape index (κ2) is 10.7. The van der Waals surface area contributed by atoms with Crippen molar-refractivity contribution in [3.63, 3.8) is 0 Å². The lowest BCUT2D eigenvalue weighted by Crippen LogP contribution is -2.43. The molecule has 33 heavy (non-hydrogen) atoms. The van der Waals surface area contributed by atoms with Crippen LogP contribution in [0.2, 0.25) is 5.02 Å². The summed E-state index contributed by atoms with van der Waals surface area (Å²) in [5.74, 6) is 0.424. The van der Waals surface area contributed by atoms with Gasteiger partial charge in [0.2, 0.25) is 11.8 Å². The maximum atomic E-state index is 13.1. The highest BCUT2D eigenvalue weighted by Gasteiger charge is 2.30. The number of aromatic nitrogens is 2. The van der Waals surface area contributed by atoms with Gasteiger partial charge in [0.25, 0.3) is 0 Å². The van der Waals surface area contributed by atoms with Crippen LogP contribution in [0.25, 0.3) is 16.9 Å². The van der Waals surface area contributed by atoms with E-state index in [1.807, 2.05) is 54.6 Å². The molecule has 1 fully saturated rings. The van der Waals surface area contributed by atoms with Crippen molar-refractivity contribution in [3.8, 4) is 16.9 Å². The van der Waals surface area contributed by atoms with Gasteiger partial charge in [0.1, 0.15) is 5.82 Å². The average Bonchev–Trinajstić information content (AvgIpc) is 3.19. The van der Waals surface area contributed by atoms with Gasteiger partial charge in [-0.3, -0.25) is 9.59 Å². The van der Waals surface area contributed by atoms with Gasteiger partial charge in [0.05, 0.1) is 22.9 Å². The fraction of sp³-hybridized carbons (Fsp3) is 0.346. The highest BCUT2D eigenvalue weighted by Crippen LogP contribution is 2.29. The number of hydrogen-bond donors (Lipinski definition) is 1. The molecule has 1 aliphatic rings. The summed E-state index contributed by atoms with van der Waals surface area (Å²) in [6.45, 7) is 2.71. The summed E-state index contributed by atoms with van der Waals surface area (Å²) in [4.78, 5) is 27.6. The highest BCUT2D eigenvalue weighted by molar-refractivity contribution is 6.32. The van der Waals surface area contributed by atoms with Gasteiger partial charge in [-0.1, -0.05) is 73.8 Å². The van der Waals surface area contributed by atoms with Crippen LogP contribution in [-0.4, -0.2) is 39.6 Å². The van der Waals surface area contributed by atoms with Crippen molar-refractivity contribution < 1.29 is 9.59 Å². The minimum absolute atomic E-state index is 0.0315. The van der Waals surface area contributed by atoms with Crippen molar-refractivity contribution in [1.82, 2.24) is 14.7 Å². The molecule has 1 aliphatic carbocycles. The third kappa shape index (κ3) is 5.45. The van der Waals surface area contributed by atoms with E-state index in [1.54, 1.807) is 15.6 Å². The Morgan fingerprint density at radius 1 is 1.12 bits per heavy atom. The first-order chi connectivity index (χ1) is 16.1. The molecule has 0 unspecified atom stereocenters. The Balaban J connectivity index is 1.59. The normalized spacial score (nSPS) is 13.4. The van der Waals surface area contributed by atoms with Gasteiger partial charge in [-0.05, 0) is 31.4 Å². The Labute approximate surface area is 199 Å². The van der Waals surface area contributed by atoms with Gasteiger partial charge in [-0.15, -0.1) is 0 Å². The molecule has 1 heterocycles. The van der Waals surface area contributed by atoms with Crippen molar-refractivity contribution in [2.24, 2.45) is 5.92 Å². The van der Waals surface area contributed by atoms with Crippen molar-refractivity contribution in [1.29, 1.82) is 0 Å². The molecule has 3 aromatic rings. The lowest BCUT2D eigenvalue weighted by Gasteiger charge is -2.31. The number of amides is 2. The van der Waals surface area contributed by atoms with E-state index in [9.17, 15) is 9.59 Å². The molecule has 2 aromatic carbocycles. The number of hydrogen-bond acceptors (Lipinski definition) is 3. The summed E-state index contributed by atoms with van der Waals surface area (Å²) in [6, 6.07) is 19.0. The Kier molecular flexibility index (Phi) is 7.45. The van der Waals surface area contributed by atoms with Gasteiger partial charge in [-0.25, -0.2) is 4.68 Å². The molecule has 0 bridgehead atoms. The van der Waals surface area contributed by atoms with Crippen molar-refractivity contribution in [2.45, 2.75) is 39.0 Å². The van der Waals surface area contributed by atoms with Crippen LogP contribution in [0.4, 0.5) is 5.82 Å². The zero-order valence-corrected chi connectivity index (χ0v) is 19.6. The van der Waals surface area contributed by atoms with Crippen molar-refractivity contribution in [2.75, 3.05) is 18.4 Å². The van der Waals surface area contributed by atoms with Crippen molar-refractivity contribution in [3.05, 3.63) is 65.7 Å². The third-order valence-corrected chi connectivity index (χ3v) is 6.33. The predicted octanol–water partition coefficient (Wildman–Crippen LogP) is 5.56. The monoisotopic (exact) mass is 464 g/mol. The van der Waals surface area contributed by atoms with E-state index < -0.39 is 0 Å². The van der Waals surface area contributed by atoms with Crippen LogP contribution < -0.4 is 5.32 Å². The number of para-hydroxylation sites is 1. The number of anilines is 1. The van der Waals surface area contributed by atoms with Gasteiger partial charge in [-0.2, -0.15) is 5.10 Å². The first kappa shape index (κ1) is 23.1. The van der Waals surface area contributed by atoms with Gasteiger partial charge >= 0.3 is 0 Å². The molecule has 2 amide bonds. The number of benzene rings is 2. The van der Waals surface area contributed by atoms with E-state index in [0.717, 1.165) is 43.4 Å². The molecule has 1 aromatic heterocycles. The minimum atomic E-state index is -0.244. The zero-order chi connectivity index (χ0) is 23.2. The quantitative estimate of drug-likeness (QED) is 0.450. The number of rotatable bonds is 9. The first-order valence-corrected chi connectivity index (χ1v) is 11.9. The molecular weight excluding hydrogens is 436 g/mol. The number of nitrogens with one attached hydrogen (secondary N) is 1. The van der Waals surface area contributed by atoms with Gasteiger partial charge in [0.15, 0.2) is 0 Å². The lowest BCUT2D eigenvalue weighted by molar-refractivity contribution is -0.140. The molecule has 0 radical (unpaired) electrons. The zero-order valence-electron chi connectivity index (χ0n) is 18.8. The fourth-order valence-electron chi connectivity index (χ4n) is 3.91. The van der Waals surface area contributed by atoms with Gasteiger partial charge in [0, 0.05) is 24.1 Å². The van der Waals surface area contributed by atoms with Crippen molar-refractivity contribution >= 4 is 29.2 Å². The smallest absolute Gasteiger partial charge is 0.245 e. The van der Waals surface area contributed by atoms with Gasteiger partial charge < -0.3 is 10.2 Å². The van der Waals surface area contributed by atoms with Crippen LogP contribution in [0.3, 0.4) is 0 Å². The largest absolute Gasteiger partial charge is 0.333 e. The van der Waals surface area contributed by atoms with E-state index >= 15 is 0 Å². The molecule has 1 N–H and O–H groups in total. The standard InChI is InChI=1S/C26H29ClN4O2/c1-2-3-16-30(26(33)20-12-9-13-20)18-25(32)28-24-17-22(19-10-5-4-6-11-19)29-31(24)23-15-8-7-14-21(23)27/h4-8,10-11,14-15,17,20H,2-3,9,12-13,16,18H2,1H3,(H,28,32). The highest BCUT2D eigenvalue weighted by atomic mass is 35.5. The molecule has 6 nitrogen and oxygen atoms in total. The molecule has 0 atom stereocenters. The van der Waals surface area contributed by atoms with Crippen LogP contribution in [0, 0.1) is 5.92 Å². The van der Waals surface area contributed by atoms with E-state index in [2.05, 4.69) is 12.2 Å². The third-order valence-electron chi connectivity index (χ3n) is 6.01. The predicted molar refractivity (Wildman–Crippen MR) is 131 cm³/mol. The molecule has 0 saturated heterocycles. The molecule has 7 heteroatoms. The summed E-state index contributed by atoms with van der Waals surface area (Å²) in [5.41, 5.74) is 2.33. The van der Waals surface area contributed by atoms with Crippen LogP contribution >= 0.6 is 11.6 Å². The van der Waals surface area contributed by atoms with E-state index in [0.29, 0.717) is 23.1 Å². The summed E-state index contributed by atoms with van der Waals surface area (Å²) < 4.78 is 1.65. The first-order valence-electron chi connectivity index (χ1n) is 11.6. The van der Waals surface area contributed by atoms with E-state index in [-0.39, 0.29) is 24.3 Å². The maximum absolute atomic E-state index is 13.1. The Morgan fingerprint density at radius 3 is 2.52 bits per heavy atom. The Bertz CT molecular complexity index is 1110. The average molecular weight is 465 g/mol. The van der Waals surface area contributed by atoms with Crippen LogP contribution in [0.1, 0.15) is 39.0 Å². The number of unbranched alkanes of at least 4 members (excludes halogenated alkanes) is 1. The lowest BCUT2D eigenvalue weighted by atomic mass is 9.84. The van der Waals surface area contributed by atoms with Crippen LogP contribution in [-0.2, 0) is 9.59 Å². The number of nitrogens with zero attached hydrogens (tertiary/aromatic N) is 3. The summed E-state index contributed by atoms with van der Waals surface area (Å²) in [6.07, 6.45) is 4.77. The maximum Gasteiger partial charge on any atom is 0.245 e. The number of carbonyl (C=O) groups excluding carboxylic acids is 2. The molecule has 0 spiro atoms. The molecule has 4 rings (SSSR count). The topological polar surface area (TPSA) is 67.2 Å². The molecule has 0 aliphatic heterocycles. The molecule has 1 saturated carbocycles. The number of halogens is 1. The Hall–Kier alpha value is -3.12. The minimum Gasteiger partial charge on any atom is -0.333 e. The SMILES string of the molecule is CCCCN(CC(=O)Nc1cc(-c2ccccc2)nn1-c1ccccc1Cl)C(=O)C1CCC1. The Morgan fingerprint density at radius 2 is 1.85 bits per heavy atom. The summed E-state index contributed by atoms with van der Waals surface area (Å²) in [7, 11) is 0. The second-order valence-electron chi connectivity index (χ2n) is 8.43. The summed E-state index contributed by atoms with van der Waals surface area (Å²) >= 11 is 6.44. The van der Waals surface area contributed by atoms with Crippen LogP contribution in [0.15, 0.2) is 60.7 Å². The number of carbonyl (C=O) groups is 2. The molecular formula is C26H29ClN4O2. The van der Waals surface area contributed by atoms with E-state index in [4.69, 9.17) is 16.7 Å². The fourth-order valence-corrected chi connectivity index (χ4v) is 4.13. The molecule has 172 valence electrons. The second-order valence-corrected chi connectivity index (χ2v) is 8.84. The van der Waals surface area contributed by atoms with E-state index in [1.165, 1.54) is 0 Å². The van der Waals surface area contributed by atoms with Crippen LogP contribution in [0.5, 0.6) is 0 Å². The summed E-state index contributed by atoms with van der Waals surface area (Å²) in [5, 5.41) is 8.22.